The molecule has 0 aromatic heterocycles. The van der Waals surface area contributed by atoms with E-state index >= 15 is 0 Å². The van der Waals surface area contributed by atoms with Gasteiger partial charge in [0, 0.05) is 11.6 Å². The van der Waals surface area contributed by atoms with Crippen LogP contribution in [0.2, 0.25) is 5.02 Å². The first kappa shape index (κ1) is 23.7. The number of nitrogens with one attached hydrogen (secondary N) is 1. The van der Waals surface area contributed by atoms with Crippen LogP contribution in [-0.4, -0.2) is 44.0 Å². The first-order valence-corrected chi connectivity index (χ1v) is 10.8. The highest BCUT2D eigenvalue weighted by Crippen LogP contribution is 2.20. The number of hydrogen-bond acceptors (Lipinski definition) is 4. The Labute approximate surface area is 176 Å². The van der Waals surface area contributed by atoms with Crippen molar-refractivity contribution in [2.24, 2.45) is 0 Å². The van der Waals surface area contributed by atoms with Crippen LogP contribution in [0.1, 0.15) is 13.3 Å². The number of amides is 2. The molecule has 1 N–H and O–H groups in total. The number of sulfone groups is 1. The average Bonchev–Trinajstić information content (AvgIpc) is 2.68. The van der Waals surface area contributed by atoms with Crippen LogP contribution in [-0.2, 0) is 19.4 Å². The lowest BCUT2D eigenvalue weighted by Gasteiger charge is -2.21. The summed E-state index contributed by atoms with van der Waals surface area (Å²) in [5.41, 5.74) is -0.600. The van der Waals surface area contributed by atoms with Crippen LogP contribution in [0.15, 0.2) is 41.3 Å². The summed E-state index contributed by atoms with van der Waals surface area (Å²) in [5.74, 6) is -7.37. The SMILES string of the molecule is CCCN(CC(=O)Nc1ccc(F)c(F)c1F)C(=O)CS(=O)(=O)c1ccc(Cl)cc1. The quantitative estimate of drug-likeness (QED) is 0.609. The molecule has 0 saturated heterocycles. The maximum absolute atomic E-state index is 13.7. The molecule has 162 valence electrons. The van der Waals surface area contributed by atoms with E-state index in [1.54, 1.807) is 6.92 Å². The normalized spacial score (nSPS) is 11.2. The zero-order valence-electron chi connectivity index (χ0n) is 15.8. The van der Waals surface area contributed by atoms with Crippen molar-refractivity contribution in [3.63, 3.8) is 0 Å². The van der Waals surface area contributed by atoms with Crippen molar-refractivity contribution >= 4 is 38.9 Å². The monoisotopic (exact) mass is 462 g/mol. The van der Waals surface area contributed by atoms with Crippen LogP contribution in [0.4, 0.5) is 18.9 Å². The Morgan fingerprint density at radius 3 is 2.27 bits per heavy atom. The maximum atomic E-state index is 13.7. The molecule has 0 aliphatic heterocycles. The summed E-state index contributed by atoms with van der Waals surface area (Å²) in [6, 6.07) is 6.73. The zero-order chi connectivity index (χ0) is 22.5. The van der Waals surface area contributed by atoms with Crippen molar-refractivity contribution in [1.29, 1.82) is 0 Å². The molecule has 0 spiro atoms. The molecule has 0 unspecified atom stereocenters. The molecule has 2 aromatic rings. The van der Waals surface area contributed by atoms with Gasteiger partial charge in [-0.25, -0.2) is 21.6 Å². The Morgan fingerprint density at radius 1 is 1.03 bits per heavy atom. The molecule has 2 aromatic carbocycles. The van der Waals surface area contributed by atoms with Crippen molar-refractivity contribution in [2.75, 3.05) is 24.2 Å². The largest absolute Gasteiger partial charge is 0.332 e. The lowest BCUT2D eigenvalue weighted by molar-refractivity contribution is -0.132. The second kappa shape index (κ2) is 9.94. The summed E-state index contributed by atoms with van der Waals surface area (Å²) in [4.78, 5) is 25.6. The van der Waals surface area contributed by atoms with Gasteiger partial charge in [0.05, 0.1) is 17.1 Å². The molecular formula is C19H18ClF3N2O4S. The molecule has 0 fully saturated rings. The Balaban J connectivity index is 2.11. The fourth-order valence-electron chi connectivity index (χ4n) is 2.53. The molecule has 0 heterocycles. The van der Waals surface area contributed by atoms with Crippen molar-refractivity contribution in [3.8, 4) is 0 Å². The van der Waals surface area contributed by atoms with E-state index in [1.807, 2.05) is 5.32 Å². The highest BCUT2D eigenvalue weighted by molar-refractivity contribution is 7.92. The molecule has 2 amide bonds. The molecule has 0 saturated carbocycles. The first-order valence-electron chi connectivity index (χ1n) is 8.74. The fraction of sp³-hybridized carbons (Fsp3) is 0.263. The molecule has 2 rings (SSSR count). The highest BCUT2D eigenvalue weighted by Gasteiger charge is 2.25. The first-order chi connectivity index (χ1) is 14.0. The predicted octanol–water partition coefficient (Wildman–Crippen LogP) is 3.41. The minimum Gasteiger partial charge on any atom is -0.332 e. The number of hydrogen-bond donors (Lipinski definition) is 1. The van der Waals surface area contributed by atoms with Crippen LogP contribution in [0.3, 0.4) is 0 Å². The number of benzene rings is 2. The molecule has 30 heavy (non-hydrogen) atoms. The Kier molecular flexibility index (Phi) is 7.85. The third-order valence-corrected chi connectivity index (χ3v) is 5.85. The second-order valence-corrected chi connectivity index (χ2v) is 8.73. The van der Waals surface area contributed by atoms with E-state index in [2.05, 4.69) is 0 Å². The van der Waals surface area contributed by atoms with Gasteiger partial charge in [-0.1, -0.05) is 18.5 Å². The number of nitrogens with zero attached hydrogens (tertiary/aromatic N) is 1. The van der Waals surface area contributed by atoms with Gasteiger partial charge in [0.1, 0.15) is 5.75 Å². The van der Waals surface area contributed by atoms with E-state index in [1.165, 1.54) is 24.3 Å². The lowest BCUT2D eigenvalue weighted by atomic mass is 10.2. The number of halogens is 4. The van der Waals surface area contributed by atoms with Crippen LogP contribution >= 0.6 is 11.6 Å². The molecule has 0 aliphatic rings. The average molecular weight is 463 g/mol. The predicted molar refractivity (Wildman–Crippen MR) is 105 cm³/mol. The Hall–Kier alpha value is -2.59. The summed E-state index contributed by atoms with van der Waals surface area (Å²) in [7, 11) is -3.98. The number of rotatable bonds is 8. The van der Waals surface area contributed by atoms with Gasteiger partial charge < -0.3 is 10.2 Å². The van der Waals surface area contributed by atoms with Gasteiger partial charge in [-0.05, 0) is 42.8 Å². The van der Waals surface area contributed by atoms with Crippen molar-refractivity contribution in [2.45, 2.75) is 18.2 Å². The molecule has 6 nitrogen and oxygen atoms in total. The van der Waals surface area contributed by atoms with E-state index in [4.69, 9.17) is 11.6 Å². The molecule has 0 atom stereocenters. The van der Waals surface area contributed by atoms with Gasteiger partial charge in [0.2, 0.25) is 11.8 Å². The maximum Gasteiger partial charge on any atom is 0.244 e. The number of anilines is 1. The third-order valence-electron chi connectivity index (χ3n) is 3.98. The topological polar surface area (TPSA) is 83.6 Å². The van der Waals surface area contributed by atoms with Crippen LogP contribution < -0.4 is 5.32 Å². The summed E-state index contributed by atoms with van der Waals surface area (Å²) < 4.78 is 64.8. The molecule has 0 radical (unpaired) electrons. The van der Waals surface area contributed by atoms with E-state index in [-0.39, 0.29) is 11.4 Å². The molecule has 0 aliphatic carbocycles. The summed E-state index contributed by atoms with van der Waals surface area (Å²) in [6.45, 7) is 1.17. The summed E-state index contributed by atoms with van der Waals surface area (Å²) in [5, 5.41) is 2.37. The zero-order valence-corrected chi connectivity index (χ0v) is 17.4. The van der Waals surface area contributed by atoms with Crippen molar-refractivity contribution in [1.82, 2.24) is 4.90 Å². The van der Waals surface area contributed by atoms with Crippen molar-refractivity contribution < 1.29 is 31.2 Å². The number of carbonyl (C=O) groups is 2. The summed E-state index contributed by atoms with van der Waals surface area (Å²) >= 11 is 5.73. The van der Waals surface area contributed by atoms with Gasteiger partial charge in [-0.3, -0.25) is 9.59 Å². The van der Waals surface area contributed by atoms with E-state index in [9.17, 15) is 31.2 Å². The summed E-state index contributed by atoms with van der Waals surface area (Å²) in [6.07, 6.45) is 0.416. The third kappa shape index (κ3) is 5.96. The fourth-order valence-corrected chi connectivity index (χ4v) is 3.88. The Morgan fingerprint density at radius 2 is 1.67 bits per heavy atom. The standard InChI is InChI=1S/C19H18ClF3N2O4S/c1-2-9-25(10-16(26)24-15-8-7-14(21)18(22)19(15)23)17(27)11-30(28,29)13-5-3-12(20)4-6-13/h3-8H,2,9-11H2,1H3,(H,24,26). The smallest absolute Gasteiger partial charge is 0.244 e. The molecule has 11 heteroatoms. The minimum atomic E-state index is -3.98. The van der Waals surface area contributed by atoms with Crippen LogP contribution in [0.5, 0.6) is 0 Å². The van der Waals surface area contributed by atoms with Crippen LogP contribution in [0.25, 0.3) is 0 Å². The van der Waals surface area contributed by atoms with Gasteiger partial charge in [0.25, 0.3) is 0 Å². The lowest BCUT2D eigenvalue weighted by Crippen LogP contribution is -2.41. The van der Waals surface area contributed by atoms with Gasteiger partial charge in [-0.2, -0.15) is 0 Å². The van der Waals surface area contributed by atoms with Crippen molar-refractivity contribution in [3.05, 3.63) is 58.9 Å². The molecular weight excluding hydrogens is 445 g/mol. The van der Waals surface area contributed by atoms with Gasteiger partial charge >= 0.3 is 0 Å². The van der Waals surface area contributed by atoms with Crippen LogP contribution in [0, 0.1) is 17.5 Å². The van der Waals surface area contributed by atoms with E-state index < -0.39 is 57.1 Å². The second-order valence-electron chi connectivity index (χ2n) is 6.30. The Bertz CT molecular complexity index is 1050. The highest BCUT2D eigenvalue weighted by atomic mass is 35.5. The van der Waals surface area contributed by atoms with E-state index in [0.29, 0.717) is 17.5 Å². The number of carbonyl (C=O) groups excluding carboxylic acids is 2. The minimum absolute atomic E-state index is 0.0582. The van der Waals surface area contributed by atoms with E-state index in [0.717, 1.165) is 11.0 Å². The molecule has 0 bridgehead atoms. The van der Waals surface area contributed by atoms with Gasteiger partial charge in [0.15, 0.2) is 27.3 Å². The van der Waals surface area contributed by atoms with Gasteiger partial charge in [-0.15, -0.1) is 0 Å².